The van der Waals surface area contributed by atoms with Crippen molar-refractivity contribution in [3.05, 3.63) is 0 Å². The van der Waals surface area contributed by atoms with Gasteiger partial charge in [0.15, 0.2) is 0 Å². The van der Waals surface area contributed by atoms with E-state index in [1.807, 2.05) is 13.8 Å². The summed E-state index contributed by atoms with van der Waals surface area (Å²) in [6.07, 6.45) is 0.154. The minimum absolute atomic E-state index is 0.154. The molecule has 0 aliphatic carbocycles. The summed E-state index contributed by atoms with van der Waals surface area (Å²) >= 11 is 0. The van der Waals surface area contributed by atoms with Crippen LogP contribution in [0.3, 0.4) is 0 Å². The highest BCUT2D eigenvalue weighted by Crippen LogP contribution is 2.12. The van der Waals surface area contributed by atoms with Gasteiger partial charge < -0.3 is 9.47 Å². The first-order valence-electron chi connectivity index (χ1n) is 4.66. The van der Waals surface area contributed by atoms with Crippen molar-refractivity contribution < 1.29 is 14.3 Å². The van der Waals surface area contributed by atoms with E-state index in [9.17, 15) is 4.79 Å². The number of carbonyl (C=O) groups excluding carboxylic acids is 1. The first-order chi connectivity index (χ1) is 6.52. The molecule has 80 valence electrons. The molecule has 14 heavy (non-hydrogen) atoms. The molecule has 0 saturated heterocycles. The van der Waals surface area contributed by atoms with Crippen molar-refractivity contribution in [1.29, 1.82) is 0 Å². The zero-order chi connectivity index (χ0) is 11.0. The molecule has 0 rings (SSSR count). The Balaban J connectivity index is 3.97. The number of methoxy groups -OCH3 is 1. The maximum atomic E-state index is 10.9. The summed E-state index contributed by atoms with van der Waals surface area (Å²) in [6, 6.07) is 0. The van der Waals surface area contributed by atoms with Gasteiger partial charge in [0.2, 0.25) is 0 Å². The molecule has 0 heterocycles. The average molecular weight is 198 g/mol. The standard InChI is InChI=1S/C11H18O3/c1-5-14-10(12)7-6-8-11(2,3)9-13-4/h5,7,9H2,1-4H3. The smallest absolute Gasteiger partial charge is 0.317 e. The van der Waals surface area contributed by atoms with Gasteiger partial charge in [0.05, 0.1) is 13.2 Å². The van der Waals surface area contributed by atoms with Crippen LogP contribution in [0.2, 0.25) is 0 Å². The lowest BCUT2D eigenvalue weighted by molar-refractivity contribution is -0.141. The molecule has 0 unspecified atom stereocenters. The summed E-state index contributed by atoms with van der Waals surface area (Å²) in [5.74, 6) is 5.49. The number of carbonyl (C=O) groups is 1. The first kappa shape index (κ1) is 13.0. The Morgan fingerprint density at radius 1 is 1.43 bits per heavy atom. The summed E-state index contributed by atoms with van der Waals surface area (Å²) in [6.45, 7) is 6.67. The highest BCUT2D eigenvalue weighted by Gasteiger charge is 2.13. The molecule has 3 heteroatoms. The van der Waals surface area contributed by atoms with Crippen LogP contribution in [-0.4, -0.2) is 26.3 Å². The monoisotopic (exact) mass is 198 g/mol. The average Bonchev–Trinajstić information content (AvgIpc) is 2.03. The van der Waals surface area contributed by atoms with E-state index in [2.05, 4.69) is 11.8 Å². The van der Waals surface area contributed by atoms with Crippen LogP contribution in [0.1, 0.15) is 27.2 Å². The van der Waals surface area contributed by atoms with E-state index in [-0.39, 0.29) is 17.8 Å². The molecule has 0 atom stereocenters. The molecule has 0 amide bonds. The van der Waals surface area contributed by atoms with E-state index < -0.39 is 0 Å². The van der Waals surface area contributed by atoms with Gasteiger partial charge >= 0.3 is 5.97 Å². The van der Waals surface area contributed by atoms with Gasteiger partial charge in [0.1, 0.15) is 6.42 Å². The minimum atomic E-state index is -0.270. The summed E-state index contributed by atoms with van der Waals surface area (Å²) in [7, 11) is 1.63. The van der Waals surface area contributed by atoms with E-state index >= 15 is 0 Å². The lowest BCUT2D eigenvalue weighted by Crippen LogP contribution is -2.15. The fraction of sp³-hybridized carbons (Fsp3) is 0.727. The van der Waals surface area contributed by atoms with Gasteiger partial charge in [-0.1, -0.05) is 11.8 Å². The molecule has 0 N–H and O–H groups in total. The van der Waals surface area contributed by atoms with Crippen LogP contribution < -0.4 is 0 Å². The third-order valence-electron chi connectivity index (χ3n) is 1.47. The van der Waals surface area contributed by atoms with Gasteiger partial charge in [-0.25, -0.2) is 0 Å². The summed E-state index contributed by atoms with van der Waals surface area (Å²) in [5.41, 5.74) is -0.207. The van der Waals surface area contributed by atoms with Gasteiger partial charge in [-0.2, -0.15) is 0 Å². The predicted molar refractivity (Wildman–Crippen MR) is 54.7 cm³/mol. The molecule has 0 aliphatic heterocycles. The molecular formula is C11H18O3. The Labute approximate surface area is 85.8 Å². The third kappa shape index (κ3) is 6.50. The molecule has 0 aromatic heterocycles. The second-order valence-corrected chi connectivity index (χ2v) is 3.60. The first-order valence-corrected chi connectivity index (χ1v) is 4.66. The maximum absolute atomic E-state index is 10.9. The van der Waals surface area contributed by atoms with Crippen LogP contribution >= 0.6 is 0 Å². The van der Waals surface area contributed by atoms with Crippen LogP contribution in [0, 0.1) is 17.3 Å². The van der Waals surface area contributed by atoms with Gasteiger partial charge in [-0.05, 0) is 20.8 Å². The molecule has 0 aromatic carbocycles. The van der Waals surface area contributed by atoms with E-state index in [1.54, 1.807) is 14.0 Å². The van der Waals surface area contributed by atoms with Gasteiger partial charge in [-0.15, -0.1) is 0 Å². The molecule has 0 aliphatic rings. The summed E-state index contributed by atoms with van der Waals surface area (Å²) in [5, 5.41) is 0. The van der Waals surface area contributed by atoms with Gasteiger partial charge in [-0.3, -0.25) is 4.79 Å². The number of rotatable bonds is 4. The summed E-state index contributed by atoms with van der Waals surface area (Å²) < 4.78 is 9.74. The molecule has 3 nitrogen and oxygen atoms in total. The molecule has 0 radical (unpaired) electrons. The van der Waals surface area contributed by atoms with Crippen molar-refractivity contribution in [3.8, 4) is 11.8 Å². The molecule has 0 spiro atoms. The minimum Gasteiger partial charge on any atom is -0.465 e. The summed E-state index contributed by atoms with van der Waals surface area (Å²) in [4.78, 5) is 10.9. The maximum Gasteiger partial charge on any atom is 0.317 e. The normalized spacial score (nSPS) is 10.3. The van der Waals surface area contributed by atoms with Crippen molar-refractivity contribution >= 4 is 5.97 Å². The van der Waals surface area contributed by atoms with Crippen molar-refractivity contribution in [2.75, 3.05) is 20.3 Å². The van der Waals surface area contributed by atoms with Crippen molar-refractivity contribution in [2.45, 2.75) is 27.2 Å². The van der Waals surface area contributed by atoms with Crippen LogP contribution in [-0.2, 0) is 14.3 Å². The molecular weight excluding hydrogens is 180 g/mol. The fourth-order valence-corrected chi connectivity index (χ4v) is 0.965. The SMILES string of the molecule is CCOC(=O)CC#CC(C)(C)COC. The van der Waals surface area contributed by atoms with Gasteiger partial charge in [0, 0.05) is 12.5 Å². The zero-order valence-corrected chi connectivity index (χ0v) is 9.35. The highest BCUT2D eigenvalue weighted by molar-refractivity contribution is 5.72. The fourth-order valence-electron chi connectivity index (χ4n) is 0.965. The molecule has 0 bridgehead atoms. The molecule has 0 fully saturated rings. The van der Waals surface area contributed by atoms with E-state index in [1.165, 1.54) is 0 Å². The van der Waals surface area contributed by atoms with Crippen LogP contribution in [0.5, 0.6) is 0 Å². The quantitative estimate of drug-likeness (QED) is 0.508. The molecule has 0 saturated carbocycles. The number of hydrogen-bond donors (Lipinski definition) is 0. The van der Waals surface area contributed by atoms with E-state index in [4.69, 9.17) is 9.47 Å². The largest absolute Gasteiger partial charge is 0.465 e. The number of hydrogen-bond acceptors (Lipinski definition) is 3. The predicted octanol–water partition coefficient (Wildman–Crippen LogP) is 1.62. The Hall–Kier alpha value is -1.01. The zero-order valence-electron chi connectivity index (χ0n) is 9.35. The Morgan fingerprint density at radius 3 is 2.57 bits per heavy atom. The Kier molecular flexibility index (Phi) is 5.98. The molecule has 0 aromatic rings. The second-order valence-electron chi connectivity index (χ2n) is 3.60. The van der Waals surface area contributed by atoms with E-state index in [0.29, 0.717) is 13.2 Å². The van der Waals surface area contributed by atoms with Crippen LogP contribution in [0.4, 0.5) is 0 Å². The highest BCUT2D eigenvalue weighted by atomic mass is 16.5. The number of esters is 1. The lowest BCUT2D eigenvalue weighted by Gasteiger charge is -2.15. The van der Waals surface area contributed by atoms with Crippen molar-refractivity contribution in [2.24, 2.45) is 5.41 Å². The number of ether oxygens (including phenoxy) is 2. The second kappa shape index (κ2) is 6.44. The Morgan fingerprint density at radius 2 is 2.07 bits per heavy atom. The lowest BCUT2D eigenvalue weighted by atomic mass is 9.96. The third-order valence-corrected chi connectivity index (χ3v) is 1.47. The van der Waals surface area contributed by atoms with Crippen molar-refractivity contribution in [3.63, 3.8) is 0 Å². The van der Waals surface area contributed by atoms with Crippen LogP contribution in [0.15, 0.2) is 0 Å². The van der Waals surface area contributed by atoms with Crippen molar-refractivity contribution in [1.82, 2.24) is 0 Å². The topological polar surface area (TPSA) is 35.5 Å². The Bertz CT molecular complexity index is 233. The van der Waals surface area contributed by atoms with E-state index in [0.717, 1.165) is 0 Å². The van der Waals surface area contributed by atoms with Crippen LogP contribution in [0.25, 0.3) is 0 Å². The van der Waals surface area contributed by atoms with Gasteiger partial charge in [0.25, 0.3) is 0 Å².